The van der Waals surface area contributed by atoms with Crippen molar-refractivity contribution in [2.45, 2.75) is 59.7 Å². The number of fused-ring (bicyclic) bond motifs is 1. The predicted octanol–water partition coefficient (Wildman–Crippen LogP) is 6.17. The Morgan fingerprint density at radius 1 is 0.944 bits per heavy atom. The summed E-state index contributed by atoms with van der Waals surface area (Å²) in [5.74, 6) is -2.53. The molecule has 9 nitrogen and oxygen atoms in total. The van der Waals surface area contributed by atoms with Crippen LogP contribution in [0, 0.1) is 12.7 Å². The summed E-state index contributed by atoms with van der Waals surface area (Å²) in [5, 5.41) is 0. The van der Waals surface area contributed by atoms with Gasteiger partial charge in [-0.25, -0.2) is 28.7 Å². The SMILES string of the molecule is Cc1c(F)cccc1-c1ccc2nc(N(C(=O)OC(C)(C)C)C(=O)OC(C)(C)C)c(C(=O)OF)n2c1. The van der Waals surface area contributed by atoms with Gasteiger partial charge in [0.25, 0.3) is 0 Å². The van der Waals surface area contributed by atoms with Crippen molar-refractivity contribution >= 4 is 29.6 Å². The third-order valence-corrected chi connectivity index (χ3v) is 4.81. The van der Waals surface area contributed by atoms with Gasteiger partial charge in [-0.3, -0.25) is 4.40 Å². The van der Waals surface area contributed by atoms with Crippen molar-refractivity contribution in [3.05, 3.63) is 53.6 Å². The predicted molar refractivity (Wildman–Crippen MR) is 127 cm³/mol. The molecule has 0 saturated carbocycles. The van der Waals surface area contributed by atoms with Crippen LogP contribution in [0.1, 0.15) is 57.6 Å². The van der Waals surface area contributed by atoms with Crippen molar-refractivity contribution in [3.63, 3.8) is 0 Å². The van der Waals surface area contributed by atoms with Crippen LogP contribution in [0.25, 0.3) is 16.8 Å². The van der Waals surface area contributed by atoms with Crippen LogP contribution < -0.4 is 4.90 Å². The molecule has 2 aromatic heterocycles. The number of imidazole rings is 1. The first-order valence-corrected chi connectivity index (χ1v) is 11.0. The van der Waals surface area contributed by atoms with E-state index >= 15 is 0 Å². The molecule has 0 aliphatic heterocycles. The molecule has 0 unspecified atom stereocenters. The molecule has 0 fully saturated rings. The Labute approximate surface area is 206 Å². The van der Waals surface area contributed by atoms with E-state index in [-0.39, 0.29) is 5.65 Å². The molecule has 0 saturated heterocycles. The summed E-state index contributed by atoms with van der Waals surface area (Å²) >= 11 is 0. The Bertz CT molecular complexity index is 1310. The number of carbonyl (C=O) groups excluding carboxylic acids is 3. The van der Waals surface area contributed by atoms with Crippen LogP contribution >= 0.6 is 0 Å². The first-order valence-electron chi connectivity index (χ1n) is 11.0. The number of carbonyl (C=O) groups is 3. The fraction of sp³-hybridized carbons (Fsp3) is 0.360. The topological polar surface area (TPSA) is 99.4 Å². The Balaban J connectivity index is 2.27. The molecule has 2 amide bonds. The Kier molecular flexibility index (Phi) is 7.06. The van der Waals surface area contributed by atoms with Crippen LogP contribution in [-0.2, 0) is 14.4 Å². The second-order valence-corrected chi connectivity index (χ2v) is 10.0. The molecule has 0 N–H and O–H groups in total. The maximum absolute atomic E-state index is 14.1. The number of aromatic nitrogens is 2. The summed E-state index contributed by atoms with van der Waals surface area (Å²) in [6.45, 7) is 11.0. The van der Waals surface area contributed by atoms with Crippen molar-refractivity contribution in [2.75, 3.05) is 4.90 Å². The van der Waals surface area contributed by atoms with Crippen molar-refractivity contribution in [2.24, 2.45) is 0 Å². The summed E-state index contributed by atoms with van der Waals surface area (Å²) < 4.78 is 39.2. The number of ether oxygens (including phenoxy) is 2. The lowest BCUT2D eigenvalue weighted by molar-refractivity contribution is -0.0793. The number of hydrogen-bond donors (Lipinski definition) is 0. The van der Waals surface area contributed by atoms with E-state index in [1.54, 1.807) is 60.6 Å². The average molecular weight is 504 g/mol. The summed E-state index contributed by atoms with van der Waals surface area (Å²) in [7, 11) is 0. The molecule has 192 valence electrons. The normalized spacial score (nSPS) is 11.8. The van der Waals surface area contributed by atoms with Gasteiger partial charge in [-0.15, -0.1) is 0 Å². The molecule has 11 heteroatoms. The Morgan fingerprint density at radius 2 is 1.53 bits per heavy atom. The highest BCUT2D eigenvalue weighted by Crippen LogP contribution is 2.30. The van der Waals surface area contributed by atoms with Gasteiger partial charge in [0.15, 0.2) is 11.5 Å². The second kappa shape index (κ2) is 9.56. The van der Waals surface area contributed by atoms with Gasteiger partial charge in [0.1, 0.15) is 22.7 Å². The molecule has 3 rings (SSSR count). The van der Waals surface area contributed by atoms with Crippen LogP contribution in [0.5, 0.6) is 0 Å². The van der Waals surface area contributed by atoms with Gasteiger partial charge in [0.05, 0.1) is 0 Å². The Hall–Kier alpha value is -4.02. The molecule has 0 spiro atoms. The Morgan fingerprint density at radius 3 is 2.06 bits per heavy atom. The van der Waals surface area contributed by atoms with E-state index in [4.69, 9.17) is 9.47 Å². The molecule has 0 atom stereocenters. The summed E-state index contributed by atoms with van der Waals surface area (Å²) in [5.41, 5.74) is -1.27. The van der Waals surface area contributed by atoms with E-state index in [1.165, 1.54) is 24.4 Å². The highest BCUT2D eigenvalue weighted by atomic mass is 19.3. The highest BCUT2D eigenvalue weighted by Gasteiger charge is 2.38. The molecule has 36 heavy (non-hydrogen) atoms. The molecule has 0 radical (unpaired) electrons. The quantitative estimate of drug-likeness (QED) is 0.422. The lowest BCUT2D eigenvalue weighted by Crippen LogP contribution is -2.44. The van der Waals surface area contributed by atoms with E-state index in [2.05, 4.69) is 9.93 Å². The molecule has 1 aromatic carbocycles. The van der Waals surface area contributed by atoms with Crippen LogP contribution in [0.3, 0.4) is 0 Å². The first kappa shape index (κ1) is 26.6. The summed E-state index contributed by atoms with van der Waals surface area (Å²) in [4.78, 5) is 46.7. The van der Waals surface area contributed by atoms with Crippen molar-refractivity contribution in [1.29, 1.82) is 0 Å². The standard InChI is InChI=1S/C25H27F2N3O6/c1-14-16(9-8-10-17(14)26)15-11-12-18-28-20(19(21(31)36-27)29(18)13-15)30(22(32)34-24(2,3)4)23(33)35-25(5,6)7/h8-13H,1-7H3. The monoisotopic (exact) mass is 503 g/mol. The third kappa shape index (κ3) is 5.61. The zero-order valence-corrected chi connectivity index (χ0v) is 21.0. The van der Waals surface area contributed by atoms with Gasteiger partial charge in [0, 0.05) is 10.7 Å². The van der Waals surface area contributed by atoms with Gasteiger partial charge in [-0.05, 0) is 83.4 Å². The molecule has 0 aliphatic carbocycles. The number of hydrogen-bond acceptors (Lipinski definition) is 7. The number of imide groups is 1. The average Bonchev–Trinajstić information content (AvgIpc) is 3.10. The number of halogens is 2. The first-order chi connectivity index (χ1) is 16.6. The van der Waals surface area contributed by atoms with Gasteiger partial charge in [0.2, 0.25) is 0 Å². The minimum Gasteiger partial charge on any atom is -0.443 e. The zero-order valence-electron chi connectivity index (χ0n) is 21.0. The maximum Gasteiger partial charge on any atom is 0.425 e. The number of anilines is 1. The number of rotatable bonds is 3. The van der Waals surface area contributed by atoms with Crippen LogP contribution in [0.2, 0.25) is 0 Å². The third-order valence-electron chi connectivity index (χ3n) is 4.81. The van der Waals surface area contributed by atoms with E-state index in [1.807, 2.05) is 0 Å². The van der Waals surface area contributed by atoms with Crippen molar-refractivity contribution in [1.82, 2.24) is 9.38 Å². The zero-order chi connectivity index (χ0) is 27.0. The summed E-state index contributed by atoms with van der Waals surface area (Å²) in [6, 6.07) is 7.55. The second-order valence-electron chi connectivity index (χ2n) is 10.0. The number of amides is 2. The lowest BCUT2D eigenvalue weighted by atomic mass is 10.0. The molecule has 0 bridgehead atoms. The molecule has 2 heterocycles. The van der Waals surface area contributed by atoms with E-state index < -0.39 is 46.7 Å². The van der Waals surface area contributed by atoms with Gasteiger partial charge < -0.3 is 9.47 Å². The molecular weight excluding hydrogens is 476 g/mol. The van der Waals surface area contributed by atoms with E-state index in [0.717, 1.165) is 4.40 Å². The van der Waals surface area contributed by atoms with Gasteiger partial charge in [-0.1, -0.05) is 12.1 Å². The molecule has 3 aromatic rings. The number of benzene rings is 1. The minimum absolute atomic E-state index is 0.0697. The maximum atomic E-state index is 14.1. The largest absolute Gasteiger partial charge is 0.443 e. The van der Waals surface area contributed by atoms with Crippen LogP contribution in [-0.4, -0.2) is 38.7 Å². The minimum atomic E-state index is -1.53. The molecular formula is C25H27F2N3O6. The molecule has 0 aliphatic rings. The summed E-state index contributed by atoms with van der Waals surface area (Å²) in [6.07, 6.45) is -1.01. The van der Waals surface area contributed by atoms with Crippen molar-refractivity contribution < 1.29 is 37.7 Å². The van der Waals surface area contributed by atoms with E-state index in [9.17, 15) is 23.3 Å². The lowest BCUT2D eigenvalue weighted by Gasteiger charge is -2.27. The number of pyridine rings is 1. The van der Waals surface area contributed by atoms with Gasteiger partial charge in [-0.2, -0.15) is 4.90 Å². The fourth-order valence-electron chi connectivity index (χ4n) is 3.36. The van der Waals surface area contributed by atoms with Gasteiger partial charge >= 0.3 is 18.2 Å². The smallest absolute Gasteiger partial charge is 0.425 e. The highest BCUT2D eigenvalue weighted by molar-refractivity contribution is 6.12. The van der Waals surface area contributed by atoms with Crippen LogP contribution in [0.4, 0.5) is 24.3 Å². The number of nitrogens with zero attached hydrogens (tertiary/aromatic N) is 3. The van der Waals surface area contributed by atoms with Crippen LogP contribution in [0.15, 0.2) is 36.5 Å². The van der Waals surface area contributed by atoms with E-state index in [0.29, 0.717) is 21.6 Å². The van der Waals surface area contributed by atoms with Crippen molar-refractivity contribution in [3.8, 4) is 11.1 Å². The fourth-order valence-corrected chi connectivity index (χ4v) is 3.36.